The van der Waals surface area contributed by atoms with Gasteiger partial charge in [-0.2, -0.15) is 0 Å². The standard InChI is InChI=1S/C14H27N4O4P.2H3N/c1-8(2)6-12(17-9(3)19)11-5-4-10(23(20,21)22)7-13(11)18-14(15)16;;/h4,8,11-13H,5-7H2,1-3H3,(H,17,19)(H4,15,16,18)(H2,20,21,22);2*1H3/t11-,12-,13+;;/m0../s1. The van der Waals surface area contributed by atoms with Crippen molar-refractivity contribution in [3.8, 4) is 0 Å². The average molecular weight is 380 g/mol. The first-order chi connectivity index (χ1) is 10.5. The minimum atomic E-state index is -4.81. The Bertz CT molecular complexity index is 541. The third-order valence-electron chi connectivity index (χ3n) is 3.84. The third kappa shape index (κ3) is 8.46. The number of carbonyl (C=O) groups is 1. The molecule has 10 nitrogen and oxygen atoms in total. The molecule has 0 aromatic heterocycles. The Kier molecular flexibility index (Phi) is 10.9. The lowest BCUT2D eigenvalue weighted by molar-refractivity contribution is -0.310. The van der Waals surface area contributed by atoms with Crippen molar-refractivity contribution < 1.29 is 19.1 Å². The van der Waals surface area contributed by atoms with Crippen molar-refractivity contribution in [3.05, 3.63) is 11.4 Å². The maximum Gasteiger partial charge on any atom is 0.217 e. The Morgan fingerprint density at radius 2 is 1.96 bits per heavy atom. The van der Waals surface area contributed by atoms with E-state index < -0.39 is 13.6 Å². The van der Waals surface area contributed by atoms with Crippen LogP contribution in [0.15, 0.2) is 16.4 Å². The van der Waals surface area contributed by atoms with Crippen molar-refractivity contribution in [3.63, 3.8) is 0 Å². The summed E-state index contributed by atoms with van der Waals surface area (Å²) >= 11 is 0. The molecule has 0 heterocycles. The molecule has 1 aliphatic rings. The first kappa shape index (κ1) is 25.8. The van der Waals surface area contributed by atoms with Crippen LogP contribution in [0.4, 0.5) is 0 Å². The fourth-order valence-electron chi connectivity index (χ4n) is 2.98. The van der Waals surface area contributed by atoms with E-state index in [9.17, 15) is 19.1 Å². The summed E-state index contributed by atoms with van der Waals surface area (Å²) in [6, 6.07) is -0.747. The second-order valence-electron chi connectivity index (χ2n) is 6.35. The number of guanidine groups is 1. The molecule has 0 aliphatic heterocycles. The Labute approximate surface area is 148 Å². The van der Waals surface area contributed by atoms with Gasteiger partial charge >= 0.3 is 0 Å². The van der Waals surface area contributed by atoms with Gasteiger partial charge in [0.2, 0.25) is 5.91 Å². The van der Waals surface area contributed by atoms with Gasteiger partial charge in [0.05, 0.1) is 6.04 Å². The van der Waals surface area contributed by atoms with Gasteiger partial charge in [-0.05, 0) is 38.1 Å². The molecule has 0 spiro atoms. The molecule has 25 heavy (non-hydrogen) atoms. The molecular formula is C14H33N6O4P. The summed E-state index contributed by atoms with van der Waals surface area (Å²) in [7, 11) is -4.81. The van der Waals surface area contributed by atoms with Crippen LogP contribution in [0.3, 0.4) is 0 Å². The second-order valence-corrected chi connectivity index (χ2v) is 7.92. The fourth-order valence-corrected chi connectivity index (χ4v) is 3.72. The Hall–Kier alpha value is -1.45. The smallest absolute Gasteiger partial charge is 0.217 e. The summed E-state index contributed by atoms with van der Waals surface area (Å²) in [5.74, 6) is -0.188. The van der Waals surface area contributed by atoms with E-state index in [0.717, 1.165) is 0 Å². The number of nitrogens with zero attached hydrogens (tertiary/aromatic N) is 1. The van der Waals surface area contributed by atoms with Crippen LogP contribution in [-0.2, 0) is 9.36 Å². The Balaban J connectivity index is 0. The van der Waals surface area contributed by atoms with Crippen molar-refractivity contribution in [1.29, 1.82) is 0 Å². The summed E-state index contributed by atoms with van der Waals surface area (Å²) in [6.07, 6.45) is 2.42. The van der Waals surface area contributed by atoms with Crippen LogP contribution in [-0.4, -0.2) is 24.0 Å². The molecule has 1 rings (SSSR count). The first-order valence-corrected chi connectivity index (χ1v) is 9.12. The number of allylic oxidation sites excluding steroid dienone is 1. The highest BCUT2D eigenvalue weighted by atomic mass is 31.2. The minimum Gasteiger partial charge on any atom is -0.808 e. The molecule has 0 unspecified atom stereocenters. The summed E-state index contributed by atoms with van der Waals surface area (Å²) in [5.41, 5.74) is 10.9. The Morgan fingerprint density at radius 3 is 2.36 bits per heavy atom. The van der Waals surface area contributed by atoms with E-state index in [4.69, 9.17) is 11.5 Å². The van der Waals surface area contributed by atoms with Gasteiger partial charge < -0.3 is 43.4 Å². The highest BCUT2D eigenvalue weighted by Crippen LogP contribution is 2.44. The summed E-state index contributed by atoms with van der Waals surface area (Å²) < 4.78 is 11.3. The quantitative estimate of drug-likeness (QED) is 0.244. The van der Waals surface area contributed by atoms with Gasteiger partial charge in [0.1, 0.15) is 0 Å². The molecule has 0 radical (unpaired) electrons. The van der Waals surface area contributed by atoms with E-state index in [1.54, 1.807) is 0 Å². The zero-order chi connectivity index (χ0) is 17.8. The second kappa shape index (κ2) is 10.5. The van der Waals surface area contributed by atoms with Gasteiger partial charge in [-0.3, -0.25) is 4.79 Å². The molecule has 0 aromatic carbocycles. The normalized spacial score (nSPS) is 21.3. The van der Waals surface area contributed by atoms with Gasteiger partial charge in [0, 0.05) is 18.9 Å². The SMILES string of the molecule is CC(=O)N[C@@H](CC(C)C)[C@@H]1CC=C(P(=O)([O-])[O-])C[C@H]1N=C(N)N.[NH4+].[NH4+]. The number of rotatable bonds is 6. The number of quaternary nitrogens is 2. The number of hydrogen-bond acceptors (Lipinski definition) is 5. The number of carbonyl (C=O) groups excluding carboxylic acids is 1. The van der Waals surface area contributed by atoms with E-state index in [2.05, 4.69) is 10.3 Å². The molecule has 0 fully saturated rings. The van der Waals surface area contributed by atoms with Crippen molar-refractivity contribution in [2.75, 3.05) is 0 Å². The van der Waals surface area contributed by atoms with Gasteiger partial charge in [-0.15, -0.1) is 0 Å². The lowest BCUT2D eigenvalue weighted by Gasteiger charge is -2.41. The molecule has 0 saturated heterocycles. The highest BCUT2D eigenvalue weighted by molar-refractivity contribution is 7.53. The van der Waals surface area contributed by atoms with Crippen molar-refractivity contribution in [1.82, 2.24) is 17.6 Å². The highest BCUT2D eigenvalue weighted by Gasteiger charge is 2.33. The van der Waals surface area contributed by atoms with Crippen LogP contribution in [0, 0.1) is 11.8 Å². The number of aliphatic imine (C=N–C) groups is 1. The van der Waals surface area contributed by atoms with Gasteiger partial charge in [0.15, 0.2) is 5.96 Å². The van der Waals surface area contributed by atoms with E-state index in [1.165, 1.54) is 13.0 Å². The maximum absolute atomic E-state index is 11.5. The van der Waals surface area contributed by atoms with Crippen LogP contribution in [0.2, 0.25) is 0 Å². The molecule has 11 heteroatoms. The molecule has 148 valence electrons. The summed E-state index contributed by atoms with van der Waals surface area (Å²) in [6.45, 7) is 5.48. The predicted octanol–water partition coefficient (Wildman–Crippen LogP) is 0.139. The maximum atomic E-state index is 11.5. The minimum absolute atomic E-state index is 0. The zero-order valence-electron chi connectivity index (χ0n) is 15.7. The summed E-state index contributed by atoms with van der Waals surface area (Å²) in [4.78, 5) is 38.1. The Morgan fingerprint density at radius 1 is 1.40 bits per heavy atom. The largest absolute Gasteiger partial charge is 0.808 e. The van der Waals surface area contributed by atoms with Crippen LogP contribution >= 0.6 is 7.60 Å². The number of hydrogen-bond donors (Lipinski definition) is 5. The molecule has 3 atom stereocenters. The number of nitrogens with two attached hydrogens (primary N) is 2. The lowest BCUT2D eigenvalue weighted by Crippen LogP contribution is -2.46. The van der Waals surface area contributed by atoms with Gasteiger partial charge in [0.25, 0.3) is 0 Å². The van der Waals surface area contributed by atoms with E-state index in [-0.39, 0.29) is 47.9 Å². The number of nitrogens with one attached hydrogen (secondary N) is 1. The average Bonchev–Trinajstić information content (AvgIpc) is 2.34. The molecule has 1 aliphatic carbocycles. The third-order valence-corrected chi connectivity index (χ3v) is 4.90. The molecule has 0 aromatic rings. The van der Waals surface area contributed by atoms with E-state index >= 15 is 0 Å². The van der Waals surface area contributed by atoms with Crippen LogP contribution < -0.4 is 38.9 Å². The monoisotopic (exact) mass is 380 g/mol. The topological polar surface area (TPSA) is 230 Å². The molecule has 1 amide bonds. The van der Waals surface area contributed by atoms with Gasteiger partial charge in [-0.1, -0.05) is 19.9 Å². The zero-order valence-corrected chi connectivity index (χ0v) is 16.6. The first-order valence-electron chi connectivity index (χ1n) is 7.58. The van der Waals surface area contributed by atoms with E-state index in [1.807, 2.05) is 13.8 Å². The van der Waals surface area contributed by atoms with Crippen molar-refractivity contribution in [2.24, 2.45) is 28.3 Å². The lowest BCUT2D eigenvalue weighted by atomic mass is 9.80. The van der Waals surface area contributed by atoms with Crippen LogP contribution in [0.1, 0.15) is 40.0 Å². The van der Waals surface area contributed by atoms with E-state index in [0.29, 0.717) is 18.8 Å². The molecule has 13 N–H and O–H groups in total. The fraction of sp³-hybridized carbons (Fsp3) is 0.714. The molecule has 0 saturated carbocycles. The predicted molar refractivity (Wildman–Crippen MR) is 97.0 cm³/mol. The van der Waals surface area contributed by atoms with Crippen LogP contribution in [0.5, 0.6) is 0 Å². The van der Waals surface area contributed by atoms with Crippen LogP contribution in [0.25, 0.3) is 0 Å². The summed E-state index contributed by atoms with van der Waals surface area (Å²) in [5, 5.41) is 2.72. The molecular weight excluding hydrogens is 347 g/mol. The molecule has 0 bridgehead atoms. The number of amides is 1. The van der Waals surface area contributed by atoms with Crippen molar-refractivity contribution in [2.45, 2.75) is 52.1 Å². The van der Waals surface area contributed by atoms with Crippen molar-refractivity contribution >= 4 is 19.5 Å². The van der Waals surface area contributed by atoms with Gasteiger partial charge in [-0.25, -0.2) is 4.99 Å².